The SMILES string of the molecule is COC(=O)c1ccc(OCOCC2CC2)cc1. The molecule has 1 aromatic carbocycles. The van der Waals surface area contributed by atoms with Crippen molar-refractivity contribution in [2.24, 2.45) is 5.92 Å². The number of rotatable bonds is 6. The fourth-order valence-corrected chi connectivity index (χ4v) is 1.41. The zero-order valence-electron chi connectivity index (χ0n) is 9.85. The van der Waals surface area contributed by atoms with E-state index in [0.717, 1.165) is 12.5 Å². The summed E-state index contributed by atoms with van der Waals surface area (Å²) in [6.07, 6.45) is 2.54. The Kier molecular flexibility index (Phi) is 3.98. The van der Waals surface area contributed by atoms with Crippen molar-refractivity contribution < 1.29 is 19.0 Å². The topological polar surface area (TPSA) is 44.8 Å². The summed E-state index contributed by atoms with van der Waals surface area (Å²) in [5.74, 6) is 1.08. The molecule has 0 radical (unpaired) electrons. The number of hydrogen-bond acceptors (Lipinski definition) is 4. The van der Waals surface area contributed by atoms with Crippen LogP contribution >= 0.6 is 0 Å². The molecule has 17 heavy (non-hydrogen) atoms. The molecule has 0 spiro atoms. The van der Waals surface area contributed by atoms with Crippen LogP contribution in [0.3, 0.4) is 0 Å². The van der Waals surface area contributed by atoms with Gasteiger partial charge in [-0.05, 0) is 43.0 Å². The molecular weight excluding hydrogens is 220 g/mol. The molecular formula is C13H16O4. The Morgan fingerprint density at radius 1 is 1.29 bits per heavy atom. The van der Waals surface area contributed by atoms with Crippen LogP contribution in [-0.2, 0) is 9.47 Å². The lowest BCUT2D eigenvalue weighted by Crippen LogP contribution is -2.05. The zero-order valence-corrected chi connectivity index (χ0v) is 9.85. The van der Waals surface area contributed by atoms with E-state index in [1.165, 1.54) is 20.0 Å². The molecule has 0 aliphatic heterocycles. The molecule has 0 unspecified atom stereocenters. The summed E-state index contributed by atoms with van der Waals surface area (Å²) >= 11 is 0. The van der Waals surface area contributed by atoms with Crippen molar-refractivity contribution in [3.05, 3.63) is 29.8 Å². The van der Waals surface area contributed by atoms with Crippen molar-refractivity contribution in [1.29, 1.82) is 0 Å². The minimum atomic E-state index is -0.346. The molecule has 1 aliphatic carbocycles. The predicted octanol–water partition coefficient (Wildman–Crippen LogP) is 2.24. The van der Waals surface area contributed by atoms with Crippen molar-refractivity contribution in [3.8, 4) is 5.75 Å². The average Bonchev–Trinajstić information content (AvgIpc) is 3.18. The maximum atomic E-state index is 11.2. The van der Waals surface area contributed by atoms with Crippen LogP contribution in [0.15, 0.2) is 24.3 Å². The van der Waals surface area contributed by atoms with E-state index in [1.54, 1.807) is 24.3 Å². The summed E-state index contributed by atoms with van der Waals surface area (Å²) in [7, 11) is 1.36. The number of hydrogen-bond donors (Lipinski definition) is 0. The largest absolute Gasteiger partial charge is 0.468 e. The Balaban J connectivity index is 1.74. The molecule has 1 fully saturated rings. The van der Waals surface area contributed by atoms with E-state index >= 15 is 0 Å². The highest BCUT2D eigenvalue weighted by Crippen LogP contribution is 2.28. The molecule has 1 aliphatic rings. The molecule has 0 amide bonds. The molecule has 0 saturated heterocycles. The Hall–Kier alpha value is -1.55. The first-order valence-corrected chi connectivity index (χ1v) is 5.68. The highest BCUT2D eigenvalue weighted by atomic mass is 16.7. The molecule has 0 heterocycles. The standard InChI is InChI=1S/C13H16O4/c1-15-13(14)11-4-6-12(7-5-11)17-9-16-8-10-2-3-10/h4-7,10H,2-3,8-9H2,1H3. The van der Waals surface area contributed by atoms with Crippen LogP contribution in [0.1, 0.15) is 23.2 Å². The average molecular weight is 236 g/mol. The van der Waals surface area contributed by atoms with Crippen LogP contribution < -0.4 is 4.74 Å². The van der Waals surface area contributed by atoms with Crippen molar-refractivity contribution in [1.82, 2.24) is 0 Å². The van der Waals surface area contributed by atoms with Gasteiger partial charge in [0.2, 0.25) is 0 Å². The number of benzene rings is 1. The van der Waals surface area contributed by atoms with Gasteiger partial charge in [-0.25, -0.2) is 4.79 Å². The molecule has 4 heteroatoms. The Bertz CT molecular complexity index is 368. The smallest absolute Gasteiger partial charge is 0.337 e. The first kappa shape index (κ1) is 11.9. The van der Waals surface area contributed by atoms with Gasteiger partial charge < -0.3 is 14.2 Å². The lowest BCUT2D eigenvalue weighted by molar-refractivity contribution is 0.00997. The Morgan fingerprint density at radius 2 is 2.00 bits per heavy atom. The van der Waals surface area contributed by atoms with E-state index in [9.17, 15) is 4.79 Å². The second kappa shape index (κ2) is 5.68. The Morgan fingerprint density at radius 3 is 2.59 bits per heavy atom. The number of esters is 1. The summed E-state index contributed by atoms with van der Waals surface area (Å²) < 4.78 is 15.3. The van der Waals surface area contributed by atoms with Crippen LogP contribution in [0, 0.1) is 5.92 Å². The van der Waals surface area contributed by atoms with Crippen molar-refractivity contribution in [2.45, 2.75) is 12.8 Å². The molecule has 0 N–H and O–H groups in total. The lowest BCUT2D eigenvalue weighted by atomic mass is 10.2. The molecule has 92 valence electrons. The van der Waals surface area contributed by atoms with Gasteiger partial charge in [-0.3, -0.25) is 0 Å². The maximum Gasteiger partial charge on any atom is 0.337 e. The summed E-state index contributed by atoms with van der Waals surface area (Å²) in [4.78, 5) is 11.2. The fraction of sp³-hybridized carbons (Fsp3) is 0.462. The van der Waals surface area contributed by atoms with Gasteiger partial charge in [0, 0.05) is 0 Å². The highest BCUT2D eigenvalue weighted by molar-refractivity contribution is 5.89. The third kappa shape index (κ3) is 3.75. The second-order valence-corrected chi connectivity index (χ2v) is 4.09. The zero-order chi connectivity index (χ0) is 12.1. The minimum Gasteiger partial charge on any atom is -0.468 e. The number of methoxy groups -OCH3 is 1. The van der Waals surface area contributed by atoms with Crippen molar-refractivity contribution in [2.75, 3.05) is 20.5 Å². The first-order valence-electron chi connectivity index (χ1n) is 5.68. The summed E-state index contributed by atoms with van der Waals surface area (Å²) in [6, 6.07) is 6.80. The van der Waals surface area contributed by atoms with Crippen LogP contribution in [0.2, 0.25) is 0 Å². The van der Waals surface area contributed by atoms with E-state index in [-0.39, 0.29) is 12.8 Å². The molecule has 0 aromatic heterocycles. The van der Waals surface area contributed by atoms with Crippen LogP contribution in [-0.4, -0.2) is 26.5 Å². The summed E-state index contributed by atoms with van der Waals surface area (Å²) in [5, 5.41) is 0. The van der Waals surface area contributed by atoms with Crippen molar-refractivity contribution in [3.63, 3.8) is 0 Å². The third-order valence-corrected chi connectivity index (χ3v) is 2.63. The van der Waals surface area contributed by atoms with E-state index in [1.807, 2.05) is 0 Å². The maximum absolute atomic E-state index is 11.2. The monoisotopic (exact) mass is 236 g/mol. The number of ether oxygens (including phenoxy) is 3. The van der Waals surface area contributed by atoms with Gasteiger partial charge in [0.1, 0.15) is 5.75 Å². The molecule has 2 rings (SSSR count). The second-order valence-electron chi connectivity index (χ2n) is 4.09. The van der Waals surface area contributed by atoms with E-state index < -0.39 is 0 Å². The van der Waals surface area contributed by atoms with Crippen molar-refractivity contribution >= 4 is 5.97 Å². The van der Waals surface area contributed by atoms with Crippen LogP contribution in [0.5, 0.6) is 5.75 Å². The highest BCUT2D eigenvalue weighted by Gasteiger charge is 2.21. The minimum absolute atomic E-state index is 0.258. The third-order valence-electron chi connectivity index (χ3n) is 2.63. The molecule has 0 atom stereocenters. The predicted molar refractivity (Wildman–Crippen MR) is 62.0 cm³/mol. The fourth-order valence-electron chi connectivity index (χ4n) is 1.41. The van der Waals surface area contributed by atoms with E-state index in [0.29, 0.717) is 11.3 Å². The van der Waals surface area contributed by atoms with Gasteiger partial charge in [0.05, 0.1) is 19.3 Å². The van der Waals surface area contributed by atoms with Crippen LogP contribution in [0.4, 0.5) is 0 Å². The van der Waals surface area contributed by atoms with Crippen LogP contribution in [0.25, 0.3) is 0 Å². The lowest BCUT2D eigenvalue weighted by Gasteiger charge is -2.07. The molecule has 0 bridgehead atoms. The van der Waals surface area contributed by atoms with Gasteiger partial charge in [0.25, 0.3) is 0 Å². The normalized spacial score (nSPS) is 14.4. The van der Waals surface area contributed by atoms with Gasteiger partial charge in [-0.15, -0.1) is 0 Å². The van der Waals surface area contributed by atoms with Gasteiger partial charge in [-0.1, -0.05) is 0 Å². The molecule has 1 aromatic rings. The summed E-state index contributed by atoms with van der Waals surface area (Å²) in [6.45, 7) is 1.04. The van der Waals surface area contributed by atoms with E-state index in [4.69, 9.17) is 9.47 Å². The van der Waals surface area contributed by atoms with Gasteiger partial charge in [-0.2, -0.15) is 0 Å². The van der Waals surface area contributed by atoms with Gasteiger partial charge in [0.15, 0.2) is 6.79 Å². The molecule has 4 nitrogen and oxygen atoms in total. The molecule has 1 saturated carbocycles. The van der Waals surface area contributed by atoms with Gasteiger partial charge >= 0.3 is 5.97 Å². The Labute approximate surface area is 100 Å². The number of carbonyl (C=O) groups is 1. The quantitative estimate of drug-likeness (QED) is 0.431. The summed E-state index contributed by atoms with van der Waals surface area (Å²) in [5.41, 5.74) is 0.513. The first-order chi connectivity index (χ1) is 8.29. The number of carbonyl (C=O) groups excluding carboxylic acids is 1. The van der Waals surface area contributed by atoms with E-state index in [2.05, 4.69) is 4.74 Å².